The highest BCUT2D eigenvalue weighted by Gasteiger charge is 2.54. The van der Waals surface area contributed by atoms with E-state index in [2.05, 4.69) is 33.5 Å². The van der Waals surface area contributed by atoms with Crippen LogP contribution in [0.5, 0.6) is 5.75 Å². The zero-order valence-corrected chi connectivity index (χ0v) is 23.9. The Kier molecular flexibility index (Phi) is 11.9. The first-order valence-corrected chi connectivity index (χ1v) is 14.6. The quantitative estimate of drug-likeness (QED) is 0.163. The van der Waals surface area contributed by atoms with E-state index >= 15 is 0 Å². The number of hydrogen-bond donors (Lipinski definition) is 5. The summed E-state index contributed by atoms with van der Waals surface area (Å²) in [6, 6.07) is 4.66. The van der Waals surface area contributed by atoms with Gasteiger partial charge < -0.3 is 30.9 Å². The maximum atomic E-state index is 13.6. The Morgan fingerprint density at radius 3 is 2.33 bits per heavy atom. The number of aromatic hydroxyl groups is 1. The lowest BCUT2D eigenvalue weighted by Crippen LogP contribution is -2.61. The molecule has 216 valence electrons. The molecule has 10 nitrogen and oxygen atoms in total. The van der Waals surface area contributed by atoms with E-state index in [9.17, 15) is 24.3 Å². The number of piperazine rings is 1. The third-order valence-corrected chi connectivity index (χ3v) is 7.74. The number of carbonyl (C=O) groups is 4. The Labute approximate surface area is 236 Å². The molecule has 0 saturated carbocycles. The smallest absolute Gasteiger partial charge is 0.246 e. The maximum absolute atomic E-state index is 13.6. The normalized spacial score (nSPS) is 22.5. The van der Waals surface area contributed by atoms with E-state index in [1.165, 1.54) is 0 Å². The van der Waals surface area contributed by atoms with Crippen molar-refractivity contribution in [3.63, 3.8) is 0 Å². The first kappa shape index (κ1) is 30.7. The number of fused-ring (bicyclic) bond motifs is 1. The third-order valence-electron chi connectivity index (χ3n) is 7.45. The lowest BCUT2D eigenvalue weighted by Gasteiger charge is -2.38. The van der Waals surface area contributed by atoms with Crippen LogP contribution in [0.3, 0.4) is 0 Å². The summed E-state index contributed by atoms with van der Waals surface area (Å²) in [5, 5.41) is 18.5. The average molecular weight is 562 g/mol. The summed E-state index contributed by atoms with van der Waals surface area (Å²) in [7, 11) is 4.01. The number of amides is 4. The number of nitrogens with zero attached hydrogens (tertiary/aromatic N) is 2. The minimum atomic E-state index is -0.697. The molecular formula is C28H43N5O5S. The van der Waals surface area contributed by atoms with Gasteiger partial charge in [0.25, 0.3) is 0 Å². The van der Waals surface area contributed by atoms with Gasteiger partial charge in [-0.25, -0.2) is 0 Å². The molecule has 0 radical (unpaired) electrons. The molecule has 0 aliphatic carbocycles. The van der Waals surface area contributed by atoms with E-state index in [0.29, 0.717) is 19.5 Å². The van der Waals surface area contributed by atoms with Crippen LogP contribution < -0.4 is 16.0 Å². The standard InChI is InChI=1S/C28H43N5O5S/c1-32(2)16-8-5-9-22-28(38)33-23(27(37)31-22)17-21(25(33)19-10-12-20(34)13-11-19)26(36)30-15-7-4-3-6-14-29-24(35)18-39/h10-13,21-23,25,34,39H,3-9,14-18H2,1-2H3,(H,29,35)(H,30,36)(H,31,37)/t21-,22-,23-,25-/m0/s1. The minimum absolute atomic E-state index is 0.0792. The van der Waals surface area contributed by atoms with Crippen LogP contribution in [0.25, 0.3) is 0 Å². The van der Waals surface area contributed by atoms with Crippen LogP contribution in [0.15, 0.2) is 24.3 Å². The zero-order valence-electron chi connectivity index (χ0n) is 23.0. The van der Waals surface area contributed by atoms with Crippen LogP contribution in [0.2, 0.25) is 0 Å². The van der Waals surface area contributed by atoms with Crippen molar-refractivity contribution in [2.45, 2.75) is 69.5 Å². The zero-order chi connectivity index (χ0) is 28.4. The highest BCUT2D eigenvalue weighted by molar-refractivity contribution is 7.81. The number of unbranched alkanes of at least 4 members (excludes halogenated alkanes) is 4. The Morgan fingerprint density at radius 2 is 1.69 bits per heavy atom. The van der Waals surface area contributed by atoms with Crippen molar-refractivity contribution in [1.29, 1.82) is 0 Å². The van der Waals surface area contributed by atoms with Crippen LogP contribution in [0.4, 0.5) is 0 Å². The fourth-order valence-electron chi connectivity index (χ4n) is 5.42. The van der Waals surface area contributed by atoms with Gasteiger partial charge in [-0.2, -0.15) is 12.6 Å². The van der Waals surface area contributed by atoms with E-state index in [0.717, 1.165) is 50.6 Å². The van der Waals surface area contributed by atoms with Crippen molar-refractivity contribution in [2.75, 3.05) is 39.5 Å². The lowest BCUT2D eigenvalue weighted by molar-refractivity contribution is -0.149. The Hall–Kier alpha value is -2.79. The Morgan fingerprint density at radius 1 is 1.03 bits per heavy atom. The molecule has 0 bridgehead atoms. The monoisotopic (exact) mass is 561 g/mol. The predicted octanol–water partition coefficient (Wildman–Crippen LogP) is 1.60. The lowest BCUT2D eigenvalue weighted by atomic mass is 9.92. The number of benzene rings is 1. The molecule has 39 heavy (non-hydrogen) atoms. The van der Waals surface area contributed by atoms with Crippen molar-refractivity contribution in [1.82, 2.24) is 25.8 Å². The number of phenols is 1. The van der Waals surface area contributed by atoms with Gasteiger partial charge >= 0.3 is 0 Å². The predicted molar refractivity (Wildman–Crippen MR) is 152 cm³/mol. The molecule has 4 atom stereocenters. The van der Waals surface area contributed by atoms with Crippen molar-refractivity contribution < 1.29 is 24.3 Å². The molecule has 4 amide bonds. The van der Waals surface area contributed by atoms with E-state index in [-0.39, 0.29) is 41.6 Å². The van der Waals surface area contributed by atoms with Crippen LogP contribution in [0.1, 0.15) is 63.0 Å². The van der Waals surface area contributed by atoms with Gasteiger partial charge in [0.15, 0.2) is 0 Å². The highest BCUT2D eigenvalue weighted by atomic mass is 32.1. The van der Waals surface area contributed by atoms with Gasteiger partial charge in [0.1, 0.15) is 17.8 Å². The number of thiol groups is 1. The van der Waals surface area contributed by atoms with Crippen LogP contribution in [-0.4, -0.2) is 90.1 Å². The summed E-state index contributed by atoms with van der Waals surface area (Å²) < 4.78 is 0. The first-order chi connectivity index (χ1) is 18.7. The number of nitrogens with one attached hydrogen (secondary N) is 3. The topological polar surface area (TPSA) is 131 Å². The second-order valence-electron chi connectivity index (χ2n) is 10.7. The molecule has 2 heterocycles. The van der Waals surface area contributed by atoms with Crippen LogP contribution >= 0.6 is 12.6 Å². The molecular weight excluding hydrogens is 518 g/mol. The molecule has 11 heteroatoms. The van der Waals surface area contributed by atoms with Gasteiger partial charge in [0.2, 0.25) is 23.6 Å². The molecule has 0 aromatic heterocycles. The third kappa shape index (κ3) is 8.60. The molecule has 2 aliphatic heterocycles. The molecule has 1 aromatic carbocycles. The van der Waals surface area contributed by atoms with Crippen LogP contribution in [-0.2, 0) is 19.2 Å². The molecule has 4 N–H and O–H groups in total. The largest absolute Gasteiger partial charge is 0.508 e. The van der Waals surface area contributed by atoms with E-state index < -0.39 is 24.0 Å². The minimum Gasteiger partial charge on any atom is -0.508 e. The molecule has 1 aromatic rings. The second kappa shape index (κ2) is 15.1. The molecule has 0 unspecified atom stereocenters. The number of phenolic OH excluding ortho intramolecular Hbond substituents is 1. The number of carbonyl (C=O) groups excluding carboxylic acids is 4. The fraction of sp³-hybridized carbons (Fsp3) is 0.643. The van der Waals surface area contributed by atoms with E-state index in [1.54, 1.807) is 29.2 Å². The summed E-state index contributed by atoms with van der Waals surface area (Å²) in [5.41, 5.74) is 0.730. The van der Waals surface area contributed by atoms with Gasteiger partial charge in [-0.3, -0.25) is 19.2 Å². The summed E-state index contributed by atoms with van der Waals surface area (Å²) in [4.78, 5) is 55.0. The molecule has 3 rings (SSSR count). The number of hydrogen-bond acceptors (Lipinski definition) is 7. The first-order valence-electron chi connectivity index (χ1n) is 13.9. The van der Waals surface area contributed by atoms with Crippen molar-refractivity contribution in [3.8, 4) is 5.75 Å². The van der Waals surface area contributed by atoms with Gasteiger partial charge in [0, 0.05) is 13.1 Å². The SMILES string of the molecule is CN(C)CCCC[C@@H]1NC(=O)[C@@H]2C[C@H](C(=O)NCCCCCCNC(=O)CS)[C@H](c3ccc(O)cc3)N2C1=O. The van der Waals surface area contributed by atoms with Crippen molar-refractivity contribution in [3.05, 3.63) is 29.8 Å². The Bertz CT molecular complexity index is 989. The number of rotatable bonds is 15. The highest BCUT2D eigenvalue weighted by Crippen LogP contribution is 2.43. The Balaban J connectivity index is 1.62. The maximum Gasteiger partial charge on any atom is 0.246 e. The second-order valence-corrected chi connectivity index (χ2v) is 11.0. The molecule has 2 aliphatic rings. The van der Waals surface area contributed by atoms with Gasteiger partial charge in [-0.05, 0) is 76.9 Å². The average Bonchev–Trinajstić information content (AvgIpc) is 3.32. The van der Waals surface area contributed by atoms with Gasteiger partial charge in [0.05, 0.1) is 17.7 Å². The van der Waals surface area contributed by atoms with Crippen LogP contribution in [0, 0.1) is 5.92 Å². The van der Waals surface area contributed by atoms with E-state index in [1.807, 2.05) is 14.1 Å². The fourth-order valence-corrected chi connectivity index (χ4v) is 5.53. The summed E-state index contributed by atoms with van der Waals surface area (Å²) in [5.74, 6) is -0.907. The van der Waals surface area contributed by atoms with Crippen molar-refractivity contribution >= 4 is 36.3 Å². The molecule has 2 fully saturated rings. The summed E-state index contributed by atoms with van der Waals surface area (Å²) in [6.45, 7) is 2.03. The molecule has 2 saturated heterocycles. The van der Waals surface area contributed by atoms with E-state index in [4.69, 9.17) is 0 Å². The van der Waals surface area contributed by atoms with Crippen molar-refractivity contribution in [2.24, 2.45) is 5.92 Å². The summed E-state index contributed by atoms with van der Waals surface area (Å²) in [6.07, 6.45) is 6.05. The molecule has 0 spiro atoms. The van der Waals surface area contributed by atoms with Gasteiger partial charge in [-0.1, -0.05) is 25.0 Å². The summed E-state index contributed by atoms with van der Waals surface area (Å²) >= 11 is 3.93. The van der Waals surface area contributed by atoms with Gasteiger partial charge in [-0.15, -0.1) is 0 Å².